The van der Waals surface area contributed by atoms with E-state index in [1.165, 1.54) is 36.6 Å². The summed E-state index contributed by atoms with van der Waals surface area (Å²) in [5, 5.41) is 18.6. The van der Waals surface area contributed by atoms with Crippen LogP contribution in [0.15, 0.2) is 53.6 Å². The van der Waals surface area contributed by atoms with Crippen molar-refractivity contribution < 1.29 is 4.39 Å². The number of hydrogen-bond acceptors (Lipinski definition) is 6. The Hall–Kier alpha value is -2.64. The van der Waals surface area contributed by atoms with Crippen LogP contribution in [0.3, 0.4) is 0 Å². The van der Waals surface area contributed by atoms with Gasteiger partial charge < -0.3 is 21.9 Å². The molecule has 0 unspecified atom stereocenters. The summed E-state index contributed by atoms with van der Waals surface area (Å²) in [4.78, 5) is 0.676. The summed E-state index contributed by atoms with van der Waals surface area (Å²) in [6, 6.07) is 12.6. The Labute approximate surface area is 175 Å². The number of nitrogens with one attached hydrogen (secondary N) is 3. The normalized spacial score (nSPS) is 15.8. The van der Waals surface area contributed by atoms with Gasteiger partial charge in [-0.3, -0.25) is 0 Å². The van der Waals surface area contributed by atoms with E-state index in [2.05, 4.69) is 9.62 Å². The zero-order chi connectivity index (χ0) is 20.6. The third-order valence-electron chi connectivity index (χ3n) is 5.09. The number of hydrogen-bond donors (Lipinski definition) is 4. The first-order chi connectivity index (χ1) is 14.1. The lowest BCUT2D eigenvalue weighted by Crippen LogP contribution is -2.31. The highest BCUT2D eigenvalue weighted by Crippen LogP contribution is 2.30. The molecule has 1 heterocycles. The van der Waals surface area contributed by atoms with E-state index in [0.29, 0.717) is 16.4 Å². The average molecular weight is 412 g/mol. The van der Waals surface area contributed by atoms with E-state index in [1.807, 2.05) is 30.3 Å². The van der Waals surface area contributed by atoms with Crippen LogP contribution in [0.25, 0.3) is 5.57 Å². The van der Waals surface area contributed by atoms with Crippen molar-refractivity contribution in [2.45, 2.75) is 17.7 Å². The van der Waals surface area contributed by atoms with Gasteiger partial charge in [0.1, 0.15) is 5.82 Å². The van der Waals surface area contributed by atoms with Gasteiger partial charge >= 0.3 is 0 Å². The van der Waals surface area contributed by atoms with E-state index < -0.39 is 0 Å². The fourth-order valence-corrected chi connectivity index (χ4v) is 4.33. The van der Waals surface area contributed by atoms with Gasteiger partial charge in [-0.05, 0) is 60.5 Å². The van der Waals surface area contributed by atoms with E-state index in [0.717, 1.165) is 49.3 Å². The zero-order valence-electron chi connectivity index (χ0n) is 16.2. The Morgan fingerprint density at radius 3 is 2.62 bits per heavy atom. The monoisotopic (exact) mass is 411 g/mol. The van der Waals surface area contributed by atoms with Crippen LogP contribution in [-0.2, 0) is 0 Å². The highest BCUT2D eigenvalue weighted by molar-refractivity contribution is 7.97. The van der Waals surface area contributed by atoms with Gasteiger partial charge in [0.25, 0.3) is 0 Å². The molecule has 1 aliphatic rings. The maximum atomic E-state index is 13.8. The number of nitrogens with two attached hydrogens (primary N) is 1. The highest BCUT2D eigenvalue weighted by Gasteiger charge is 2.21. The molecule has 0 atom stereocenters. The first-order valence-corrected chi connectivity index (χ1v) is 10.4. The maximum Gasteiger partial charge on any atom is 0.138 e. The molecule has 0 bridgehead atoms. The predicted molar refractivity (Wildman–Crippen MR) is 120 cm³/mol. The molecule has 1 aliphatic heterocycles. The van der Waals surface area contributed by atoms with E-state index >= 15 is 0 Å². The molecule has 0 aromatic heterocycles. The van der Waals surface area contributed by atoms with E-state index in [9.17, 15) is 4.39 Å². The third kappa shape index (κ3) is 5.46. The lowest BCUT2D eigenvalue weighted by Gasteiger charge is -2.31. The number of anilines is 1. The van der Waals surface area contributed by atoms with Crippen LogP contribution in [0.1, 0.15) is 24.0 Å². The van der Waals surface area contributed by atoms with Gasteiger partial charge in [-0.2, -0.15) is 0 Å². The summed E-state index contributed by atoms with van der Waals surface area (Å²) >= 11 is 1.50. The van der Waals surface area contributed by atoms with Gasteiger partial charge in [-0.15, -0.1) is 0 Å². The Morgan fingerprint density at radius 1 is 1.21 bits per heavy atom. The Morgan fingerprint density at radius 2 is 1.97 bits per heavy atom. The molecule has 0 aliphatic carbocycles. The molecule has 2 aromatic carbocycles. The third-order valence-corrected chi connectivity index (χ3v) is 6.25. The first-order valence-electron chi connectivity index (χ1n) is 9.63. The van der Waals surface area contributed by atoms with Crippen LogP contribution >= 0.6 is 11.9 Å². The topological polar surface area (TPSA) is 89.0 Å². The van der Waals surface area contributed by atoms with E-state index in [4.69, 9.17) is 16.6 Å². The van der Waals surface area contributed by atoms with Crippen molar-refractivity contribution >= 4 is 35.6 Å². The standard InChI is InChI=1S/C22H26FN5S/c23-20-3-1-2-4-22(20)29-28-9-7-16(8-10-28)15-27-21-6-5-17(11-18(21)12-24)19(13-25)14-26/h1-6,11-14,16,24-25,27H,7-10,15,26H2/b19-14+,24-12?,25-13?. The second-order valence-corrected chi connectivity index (χ2v) is 8.13. The van der Waals surface area contributed by atoms with Crippen molar-refractivity contribution in [1.82, 2.24) is 4.31 Å². The Bertz CT molecular complexity index is 891. The molecule has 0 saturated carbocycles. The van der Waals surface area contributed by atoms with Crippen molar-refractivity contribution in [3.8, 4) is 0 Å². The van der Waals surface area contributed by atoms with Crippen LogP contribution in [-0.4, -0.2) is 36.4 Å². The summed E-state index contributed by atoms with van der Waals surface area (Å²) in [7, 11) is 0. The van der Waals surface area contributed by atoms with Crippen LogP contribution in [0.5, 0.6) is 0 Å². The first kappa shape index (κ1) is 21.1. The average Bonchev–Trinajstić information content (AvgIpc) is 2.76. The molecule has 3 rings (SSSR count). The predicted octanol–water partition coefficient (Wildman–Crippen LogP) is 4.60. The molecular formula is C22H26FN5S. The lowest BCUT2D eigenvalue weighted by atomic mass is 9.97. The van der Waals surface area contributed by atoms with Gasteiger partial charge in [0.2, 0.25) is 0 Å². The summed E-state index contributed by atoms with van der Waals surface area (Å²) in [5.41, 5.74) is 8.69. The van der Waals surface area contributed by atoms with Crippen molar-refractivity contribution in [3.05, 3.63) is 65.6 Å². The molecule has 2 aromatic rings. The minimum Gasteiger partial charge on any atom is -0.404 e. The molecule has 29 heavy (non-hydrogen) atoms. The fourth-order valence-electron chi connectivity index (χ4n) is 3.37. The number of halogens is 1. The van der Waals surface area contributed by atoms with Crippen molar-refractivity contribution in [1.29, 1.82) is 10.8 Å². The van der Waals surface area contributed by atoms with Crippen LogP contribution in [0.4, 0.5) is 10.1 Å². The van der Waals surface area contributed by atoms with Gasteiger partial charge in [-0.25, -0.2) is 8.70 Å². The summed E-state index contributed by atoms with van der Waals surface area (Å²) in [6.07, 6.45) is 6.01. The Balaban J connectivity index is 1.53. The number of benzene rings is 2. The molecule has 0 amide bonds. The van der Waals surface area contributed by atoms with Crippen LogP contribution in [0, 0.1) is 22.6 Å². The summed E-state index contributed by atoms with van der Waals surface area (Å²) < 4.78 is 16.1. The van der Waals surface area contributed by atoms with Crippen LogP contribution in [0.2, 0.25) is 0 Å². The lowest BCUT2D eigenvalue weighted by molar-refractivity contribution is 0.301. The largest absolute Gasteiger partial charge is 0.404 e. The minimum atomic E-state index is -0.167. The Kier molecular flexibility index (Phi) is 7.43. The number of allylic oxidation sites excluding steroid dienone is 1. The summed E-state index contributed by atoms with van der Waals surface area (Å²) in [5.74, 6) is 0.367. The number of piperidine rings is 1. The highest BCUT2D eigenvalue weighted by atomic mass is 32.2. The minimum absolute atomic E-state index is 0.167. The molecule has 7 heteroatoms. The summed E-state index contributed by atoms with van der Waals surface area (Å²) in [6.45, 7) is 2.68. The van der Waals surface area contributed by atoms with Gasteiger partial charge in [0.15, 0.2) is 0 Å². The van der Waals surface area contributed by atoms with Crippen LogP contribution < -0.4 is 11.1 Å². The fraction of sp³-hybridized carbons (Fsp3) is 0.273. The smallest absolute Gasteiger partial charge is 0.138 e. The number of nitrogens with zero attached hydrogens (tertiary/aromatic N) is 1. The SMILES string of the molecule is N=C/C(=C\N)c1ccc(NCC2CCN(Sc3ccccc3F)CC2)c(C=N)c1. The second kappa shape index (κ2) is 10.2. The molecule has 0 spiro atoms. The second-order valence-electron chi connectivity index (χ2n) is 6.99. The van der Waals surface area contributed by atoms with E-state index in [-0.39, 0.29) is 5.82 Å². The molecule has 5 N–H and O–H groups in total. The van der Waals surface area contributed by atoms with Gasteiger partial charge in [0, 0.05) is 55.1 Å². The molecule has 0 radical (unpaired) electrons. The van der Waals surface area contributed by atoms with Gasteiger partial charge in [-0.1, -0.05) is 18.2 Å². The maximum absolute atomic E-state index is 13.8. The molecular weight excluding hydrogens is 385 g/mol. The van der Waals surface area contributed by atoms with Crippen molar-refractivity contribution in [3.63, 3.8) is 0 Å². The quantitative estimate of drug-likeness (QED) is 0.377. The molecule has 1 fully saturated rings. The molecule has 5 nitrogen and oxygen atoms in total. The van der Waals surface area contributed by atoms with Crippen molar-refractivity contribution in [2.24, 2.45) is 11.7 Å². The molecule has 152 valence electrons. The van der Waals surface area contributed by atoms with Gasteiger partial charge in [0.05, 0.1) is 4.90 Å². The molecule has 1 saturated heterocycles. The zero-order valence-corrected chi connectivity index (χ0v) is 17.0. The van der Waals surface area contributed by atoms with E-state index in [1.54, 1.807) is 6.07 Å². The van der Waals surface area contributed by atoms with Crippen molar-refractivity contribution in [2.75, 3.05) is 25.0 Å². The number of rotatable bonds is 8.